The number of para-hydroxylation sites is 3. The number of carbonyl (C=O) groups is 1. The predicted octanol–water partition coefficient (Wildman–Crippen LogP) is 1.41. The number of amides is 1. The maximum atomic E-state index is 12.4. The standard InChI is InChI=1S/C18H20N2O5S/c1-26(22,23)20-13-17(25-16-10-6-5-9-15(16)20)18(21)19-11-12-24-14-7-3-2-4-8-14/h2-10,17H,11-13H2,1H3,(H,19,21)/t17-/m1/s1. The number of benzene rings is 2. The number of nitrogens with zero attached hydrogens (tertiary/aromatic N) is 1. The summed E-state index contributed by atoms with van der Waals surface area (Å²) >= 11 is 0. The minimum absolute atomic E-state index is 0.0682. The number of hydrogen-bond acceptors (Lipinski definition) is 5. The van der Waals surface area contributed by atoms with E-state index in [0.717, 1.165) is 6.26 Å². The van der Waals surface area contributed by atoms with Gasteiger partial charge in [-0.25, -0.2) is 8.42 Å². The van der Waals surface area contributed by atoms with E-state index in [1.165, 1.54) is 4.31 Å². The summed E-state index contributed by atoms with van der Waals surface area (Å²) in [6, 6.07) is 16.0. The summed E-state index contributed by atoms with van der Waals surface area (Å²) in [4.78, 5) is 12.4. The first-order valence-electron chi connectivity index (χ1n) is 8.14. The molecule has 2 aromatic carbocycles. The maximum absolute atomic E-state index is 12.4. The number of nitrogens with one attached hydrogen (secondary N) is 1. The summed E-state index contributed by atoms with van der Waals surface area (Å²) in [5.74, 6) is 0.697. The highest BCUT2D eigenvalue weighted by molar-refractivity contribution is 7.92. The predicted molar refractivity (Wildman–Crippen MR) is 98.0 cm³/mol. The molecule has 0 fully saturated rings. The number of rotatable bonds is 6. The molecule has 0 bridgehead atoms. The van der Waals surface area contributed by atoms with Crippen LogP contribution in [-0.2, 0) is 14.8 Å². The van der Waals surface area contributed by atoms with Crippen molar-refractivity contribution in [2.45, 2.75) is 6.10 Å². The monoisotopic (exact) mass is 376 g/mol. The van der Waals surface area contributed by atoms with Crippen LogP contribution in [0.25, 0.3) is 0 Å². The van der Waals surface area contributed by atoms with Gasteiger partial charge in [-0.1, -0.05) is 30.3 Å². The zero-order valence-corrected chi connectivity index (χ0v) is 15.1. The molecule has 1 atom stereocenters. The second-order valence-corrected chi connectivity index (χ2v) is 7.73. The highest BCUT2D eigenvalue weighted by Crippen LogP contribution is 2.34. The van der Waals surface area contributed by atoms with Crippen molar-refractivity contribution >= 4 is 21.6 Å². The van der Waals surface area contributed by atoms with Crippen LogP contribution in [0, 0.1) is 0 Å². The Bertz CT molecular complexity index is 870. The Kier molecular flexibility index (Phi) is 5.32. The molecule has 1 amide bonds. The summed E-state index contributed by atoms with van der Waals surface area (Å²) in [6.07, 6.45) is 0.189. The van der Waals surface area contributed by atoms with Crippen LogP contribution in [0.4, 0.5) is 5.69 Å². The molecule has 7 nitrogen and oxygen atoms in total. The van der Waals surface area contributed by atoms with E-state index in [-0.39, 0.29) is 19.0 Å². The van der Waals surface area contributed by atoms with E-state index in [4.69, 9.17) is 9.47 Å². The Labute approximate surface area is 152 Å². The molecule has 1 aliphatic heterocycles. The average molecular weight is 376 g/mol. The molecule has 1 N–H and O–H groups in total. The topological polar surface area (TPSA) is 84.9 Å². The van der Waals surface area contributed by atoms with Crippen LogP contribution < -0.4 is 19.1 Å². The summed E-state index contributed by atoms with van der Waals surface area (Å²) in [7, 11) is -3.52. The molecule has 0 radical (unpaired) electrons. The number of hydrogen-bond donors (Lipinski definition) is 1. The van der Waals surface area contributed by atoms with Crippen molar-refractivity contribution in [2.24, 2.45) is 0 Å². The van der Waals surface area contributed by atoms with E-state index in [1.807, 2.05) is 30.3 Å². The van der Waals surface area contributed by atoms with E-state index < -0.39 is 16.1 Å². The number of fused-ring (bicyclic) bond motifs is 1. The van der Waals surface area contributed by atoms with E-state index in [9.17, 15) is 13.2 Å². The fraction of sp³-hybridized carbons (Fsp3) is 0.278. The van der Waals surface area contributed by atoms with Gasteiger partial charge in [0.15, 0.2) is 6.10 Å². The van der Waals surface area contributed by atoms with Gasteiger partial charge in [0.2, 0.25) is 10.0 Å². The van der Waals surface area contributed by atoms with Crippen LogP contribution in [0.5, 0.6) is 11.5 Å². The van der Waals surface area contributed by atoms with Crippen molar-refractivity contribution in [3.8, 4) is 11.5 Å². The van der Waals surface area contributed by atoms with Gasteiger partial charge in [0.1, 0.15) is 18.1 Å². The summed E-state index contributed by atoms with van der Waals surface area (Å²) in [5.41, 5.74) is 0.437. The molecule has 1 aliphatic rings. The zero-order chi connectivity index (χ0) is 18.6. The van der Waals surface area contributed by atoms with E-state index in [2.05, 4.69) is 5.32 Å². The quantitative estimate of drug-likeness (QED) is 0.771. The number of ether oxygens (including phenoxy) is 2. The Hall–Kier alpha value is -2.74. The first-order chi connectivity index (χ1) is 12.4. The fourth-order valence-corrected chi connectivity index (χ4v) is 3.54. The lowest BCUT2D eigenvalue weighted by atomic mass is 10.2. The minimum Gasteiger partial charge on any atom is -0.492 e. The largest absolute Gasteiger partial charge is 0.492 e. The second-order valence-electron chi connectivity index (χ2n) is 5.82. The minimum atomic E-state index is -3.52. The summed E-state index contributed by atoms with van der Waals surface area (Å²) in [6.45, 7) is 0.518. The highest BCUT2D eigenvalue weighted by atomic mass is 32.2. The fourth-order valence-electron chi connectivity index (χ4n) is 2.63. The maximum Gasteiger partial charge on any atom is 0.263 e. The number of sulfonamides is 1. The molecule has 1 heterocycles. The Morgan fingerprint density at radius 1 is 1.19 bits per heavy atom. The number of anilines is 1. The van der Waals surface area contributed by atoms with Crippen LogP contribution in [0.1, 0.15) is 0 Å². The van der Waals surface area contributed by atoms with Gasteiger partial charge >= 0.3 is 0 Å². The molecule has 0 saturated carbocycles. The average Bonchev–Trinajstić information content (AvgIpc) is 2.64. The molecule has 0 unspecified atom stereocenters. The normalized spacial score (nSPS) is 16.3. The summed E-state index contributed by atoms with van der Waals surface area (Å²) in [5, 5.41) is 2.72. The van der Waals surface area contributed by atoms with Crippen molar-refractivity contribution in [1.82, 2.24) is 5.32 Å². The second kappa shape index (κ2) is 7.65. The van der Waals surface area contributed by atoms with Crippen LogP contribution in [0.15, 0.2) is 54.6 Å². The van der Waals surface area contributed by atoms with E-state index in [0.29, 0.717) is 23.8 Å². The first-order valence-corrected chi connectivity index (χ1v) is 9.99. The zero-order valence-electron chi connectivity index (χ0n) is 14.3. The van der Waals surface area contributed by atoms with Crippen LogP contribution in [0.3, 0.4) is 0 Å². The third kappa shape index (κ3) is 4.26. The highest BCUT2D eigenvalue weighted by Gasteiger charge is 2.34. The van der Waals surface area contributed by atoms with E-state index in [1.54, 1.807) is 24.3 Å². The molecule has 2 aromatic rings. The molecule has 0 saturated heterocycles. The van der Waals surface area contributed by atoms with Crippen LogP contribution >= 0.6 is 0 Å². The van der Waals surface area contributed by atoms with Crippen molar-refractivity contribution in [2.75, 3.05) is 30.3 Å². The van der Waals surface area contributed by atoms with Gasteiger partial charge in [-0.05, 0) is 24.3 Å². The summed E-state index contributed by atoms with van der Waals surface area (Å²) < 4.78 is 36.5. The van der Waals surface area contributed by atoms with Gasteiger partial charge < -0.3 is 14.8 Å². The molecule has 0 spiro atoms. The molecule has 26 heavy (non-hydrogen) atoms. The molecule has 138 valence electrons. The van der Waals surface area contributed by atoms with Crippen LogP contribution in [0.2, 0.25) is 0 Å². The Morgan fingerprint density at radius 2 is 1.88 bits per heavy atom. The third-order valence-corrected chi connectivity index (χ3v) is 4.99. The van der Waals surface area contributed by atoms with Crippen molar-refractivity contribution in [1.29, 1.82) is 0 Å². The lowest BCUT2D eigenvalue weighted by molar-refractivity contribution is -0.127. The third-order valence-electron chi connectivity index (χ3n) is 3.84. The molecule has 0 aliphatic carbocycles. The first kappa shape index (κ1) is 18.1. The van der Waals surface area contributed by atoms with Gasteiger partial charge in [-0.15, -0.1) is 0 Å². The van der Waals surface area contributed by atoms with Crippen molar-refractivity contribution in [3.05, 3.63) is 54.6 Å². The van der Waals surface area contributed by atoms with Gasteiger partial charge in [0.25, 0.3) is 5.91 Å². The lowest BCUT2D eigenvalue weighted by Crippen LogP contribution is -2.51. The smallest absolute Gasteiger partial charge is 0.263 e. The Morgan fingerprint density at radius 3 is 2.62 bits per heavy atom. The van der Waals surface area contributed by atoms with E-state index >= 15 is 0 Å². The number of carbonyl (C=O) groups excluding carboxylic acids is 1. The van der Waals surface area contributed by atoms with Gasteiger partial charge in [0, 0.05) is 0 Å². The van der Waals surface area contributed by atoms with Gasteiger partial charge in [0.05, 0.1) is 25.0 Å². The van der Waals surface area contributed by atoms with Crippen molar-refractivity contribution < 1.29 is 22.7 Å². The van der Waals surface area contributed by atoms with Gasteiger partial charge in [-0.2, -0.15) is 0 Å². The van der Waals surface area contributed by atoms with Gasteiger partial charge in [-0.3, -0.25) is 9.10 Å². The molecular weight excluding hydrogens is 356 g/mol. The van der Waals surface area contributed by atoms with Crippen LogP contribution in [-0.4, -0.2) is 46.4 Å². The SMILES string of the molecule is CS(=O)(=O)N1C[C@H](C(=O)NCCOc2ccccc2)Oc2ccccc21. The molecular formula is C18H20N2O5S. The van der Waals surface area contributed by atoms with Crippen molar-refractivity contribution in [3.63, 3.8) is 0 Å². The molecule has 8 heteroatoms. The lowest BCUT2D eigenvalue weighted by Gasteiger charge is -2.33. The molecule has 0 aromatic heterocycles. The Balaban J connectivity index is 1.60. The molecule has 3 rings (SSSR count).